The van der Waals surface area contributed by atoms with Crippen LogP contribution >= 0.6 is 23.4 Å². The number of carbonyl (C=O) groups excluding carboxylic acids is 1. The van der Waals surface area contributed by atoms with E-state index >= 15 is 0 Å². The Morgan fingerprint density at radius 3 is 2.75 bits per heavy atom. The van der Waals surface area contributed by atoms with E-state index in [2.05, 4.69) is 16.2 Å². The van der Waals surface area contributed by atoms with E-state index in [9.17, 15) is 4.79 Å². The van der Waals surface area contributed by atoms with Gasteiger partial charge in [0.2, 0.25) is 5.91 Å². The fourth-order valence-electron chi connectivity index (χ4n) is 4.33. The molecule has 4 rings (SSSR count). The summed E-state index contributed by atoms with van der Waals surface area (Å²) in [5, 5.41) is 13.2. The summed E-state index contributed by atoms with van der Waals surface area (Å²) in [6, 6.07) is 11.4. The van der Waals surface area contributed by atoms with E-state index < -0.39 is 0 Å². The third-order valence-corrected chi connectivity index (χ3v) is 7.69. The number of carbonyl (C=O) groups is 1. The highest BCUT2D eigenvalue weighted by atomic mass is 35.5. The molecule has 9 nitrogen and oxygen atoms in total. The van der Waals surface area contributed by atoms with Crippen molar-refractivity contribution in [3.63, 3.8) is 0 Å². The van der Waals surface area contributed by atoms with Crippen molar-refractivity contribution in [2.75, 3.05) is 31.4 Å². The van der Waals surface area contributed by atoms with Crippen LogP contribution < -0.4 is 30.5 Å². The van der Waals surface area contributed by atoms with Crippen LogP contribution in [-0.4, -0.2) is 55.6 Å². The number of anilines is 1. The van der Waals surface area contributed by atoms with Gasteiger partial charge in [0.15, 0.2) is 16.7 Å². The number of hydrazine groups is 1. The molecule has 2 aromatic rings. The van der Waals surface area contributed by atoms with Crippen LogP contribution in [0.1, 0.15) is 18.1 Å². The van der Waals surface area contributed by atoms with Gasteiger partial charge in [-0.05, 0) is 55.7 Å². The molecule has 0 aromatic heterocycles. The van der Waals surface area contributed by atoms with Gasteiger partial charge in [-0.2, -0.15) is 0 Å². The number of halogens is 1. The van der Waals surface area contributed by atoms with Crippen molar-refractivity contribution in [2.24, 2.45) is 10.9 Å². The number of methoxy groups -OCH3 is 2. The summed E-state index contributed by atoms with van der Waals surface area (Å²) in [6.07, 6.45) is 0.395. The van der Waals surface area contributed by atoms with Gasteiger partial charge in [0.05, 0.1) is 31.6 Å². The minimum Gasteiger partial charge on any atom is -0.493 e. The smallest absolute Gasteiger partial charge is 0.230 e. The summed E-state index contributed by atoms with van der Waals surface area (Å²) in [5.41, 5.74) is 9.03. The standard InChI is InChI=1S/C25H31ClN6O3S/c1-14-17(26)6-5-7-18(14)32-23(27)22-15(2)30-31-24(22)29-25(32)36-13-21(33)28-11-10-16-8-9-19(34-3)20(12-16)35-4/h5-9,12,15,22,24,27,30-31H,10-11,13H2,1-4H3,(H,28,33). The van der Waals surface area contributed by atoms with E-state index in [0.29, 0.717) is 40.5 Å². The molecule has 2 aromatic carbocycles. The Morgan fingerprint density at radius 2 is 2.00 bits per heavy atom. The molecule has 0 aliphatic carbocycles. The number of hydrogen-bond donors (Lipinski definition) is 4. The second kappa shape index (κ2) is 11.5. The van der Waals surface area contributed by atoms with Gasteiger partial charge in [-0.1, -0.05) is 35.5 Å². The molecule has 4 N–H and O–H groups in total. The summed E-state index contributed by atoms with van der Waals surface area (Å²) in [5.74, 6) is 1.68. The van der Waals surface area contributed by atoms with Crippen molar-refractivity contribution in [1.82, 2.24) is 16.2 Å². The van der Waals surface area contributed by atoms with Gasteiger partial charge in [-0.3, -0.25) is 20.5 Å². The average Bonchev–Trinajstić information content (AvgIpc) is 3.25. The molecule has 36 heavy (non-hydrogen) atoms. The molecule has 11 heteroatoms. The lowest BCUT2D eigenvalue weighted by atomic mass is 9.96. The maximum Gasteiger partial charge on any atom is 0.230 e. The Labute approximate surface area is 220 Å². The van der Waals surface area contributed by atoms with Crippen molar-refractivity contribution in [1.29, 1.82) is 5.41 Å². The minimum absolute atomic E-state index is 0.0414. The van der Waals surface area contributed by atoms with E-state index in [0.717, 1.165) is 16.8 Å². The van der Waals surface area contributed by atoms with Gasteiger partial charge < -0.3 is 14.8 Å². The Kier molecular flexibility index (Phi) is 8.40. The van der Waals surface area contributed by atoms with Gasteiger partial charge in [0, 0.05) is 17.6 Å². The molecule has 2 aliphatic heterocycles. The van der Waals surface area contributed by atoms with Crippen LogP contribution in [0.4, 0.5) is 5.69 Å². The highest BCUT2D eigenvalue weighted by Gasteiger charge is 2.44. The molecule has 3 unspecified atom stereocenters. The first-order valence-corrected chi connectivity index (χ1v) is 13.0. The fraction of sp³-hybridized carbons (Fsp3) is 0.400. The predicted molar refractivity (Wildman–Crippen MR) is 146 cm³/mol. The predicted octanol–water partition coefficient (Wildman–Crippen LogP) is 3.35. The van der Waals surface area contributed by atoms with Crippen LogP contribution in [-0.2, 0) is 11.2 Å². The largest absolute Gasteiger partial charge is 0.493 e. The molecule has 2 aliphatic rings. The lowest BCUT2D eigenvalue weighted by molar-refractivity contribution is -0.118. The third-order valence-electron chi connectivity index (χ3n) is 6.33. The normalized spacial score (nSPS) is 21.1. The van der Waals surface area contributed by atoms with Crippen LogP contribution in [0.25, 0.3) is 0 Å². The molecule has 1 fully saturated rings. The summed E-state index contributed by atoms with van der Waals surface area (Å²) in [7, 11) is 3.20. The lowest BCUT2D eigenvalue weighted by Crippen LogP contribution is -2.50. The van der Waals surface area contributed by atoms with Gasteiger partial charge in [-0.25, -0.2) is 10.4 Å². The highest BCUT2D eigenvalue weighted by Crippen LogP contribution is 2.35. The molecule has 0 radical (unpaired) electrons. The van der Waals surface area contributed by atoms with Crippen molar-refractivity contribution in [2.45, 2.75) is 32.5 Å². The summed E-state index contributed by atoms with van der Waals surface area (Å²) < 4.78 is 10.6. The number of aliphatic imine (C=N–C) groups is 1. The number of amides is 1. The van der Waals surface area contributed by atoms with Crippen LogP contribution in [0.15, 0.2) is 41.4 Å². The zero-order valence-electron chi connectivity index (χ0n) is 20.7. The van der Waals surface area contributed by atoms with Crippen molar-refractivity contribution >= 4 is 46.0 Å². The second-order valence-corrected chi connectivity index (χ2v) is 9.99. The van der Waals surface area contributed by atoms with Crippen molar-refractivity contribution < 1.29 is 14.3 Å². The summed E-state index contributed by atoms with van der Waals surface area (Å²) in [4.78, 5) is 19.3. The first-order chi connectivity index (χ1) is 17.3. The van der Waals surface area contributed by atoms with Gasteiger partial charge >= 0.3 is 0 Å². The molecule has 0 spiro atoms. The van der Waals surface area contributed by atoms with E-state index in [1.165, 1.54) is 11.8 Å². The topological polar surface area (TPSA) is 111 Å². The van der Waals surface area contributed by atoms with Crippen LogP contribution in [0, 0.1) is 18.3 Å². The number of thioether (sulfide) groups is 1. The number of nitrogens with one attached hydrogen (secondary N) is 4. The molecule has 1 saturated heterocycles. The molecular formula is C25H31ClN6O3S. The number of amidine groups is 2. The van der Waals surface area contributed by atoms with E-state index in [-0.39, 0.29) is 29.8 Å². The Hall–Kier alpha value is -2.79. The molecule has 2 heterocycles. The van der Waals surface area contributed by atoms with E-state index in [1.54, 1.807) is 14.2 Å². The molecule has 3 atom stereocenters. The zero-order valence-corrected chi connectivity index (χ0v) is 22.3. The van der Waals surface area contributed by atoms with E-state index in [1.807, 2.05) is 55.1 Å². The maximum absolute atomic E-state index is 12.7. The third kappa shape index (κ3) is 5.46. The first kappa shape index (κ1) is 26.3. The minimum atomic E-state index is -0.265. The number of fused-ring (bicyclic) bond motifs is 1. The van der Waals surface area contributed by atoms with E-state index in [4.69, 9.17) is 31.5 Å². The number of nitrogens with zero attached hydrogens (tertiary/aromatic N) is 2. The van der Waals surface area contributed by atoms with Crippen LogP contribution in [0.3, 0.4) is 0 Å². The maximum atomic E-state index is 12.7. The molecular weight excluding hydrogens is 500 g/mol. The molecule has 1 amide bonds. The van der Waals surface area contributed by atoms with Crippen LogP contribution in [0.5, 0.6) is 11.5 Å². The molecule has 0 bridgehead atoms. The van der Waals surface area contributed by atoms with Crippen molar-refractivity contribution in [3.05, 3.63) is 52.5 Å². The molecule has 0 saturated carbocycles. The van der Waals surface area contributed by atoms with Crippen LogP contribution in [0.2, 0.25) is 5.02 Å². The SMILES string of the molecule is COc1ccc(CCNC(=O)CSC2=NC3NNC(C)C3C(=N)N2c2cccc(Cl)c2C)cc1OC. The fourth-order valence-corrected chi connectivity index (χ4v) is 5.38. The Balaban J connectivity index is 1.42. The van der Waals surface area contributed by atoms with Gasteiger partial charge in [-0.15, -0.1) is 0 Å². The molecule has 192 valence electrons. The first-order valence-electron chi connectivity index (χ1n) is 11.7. The highest BCUT2D eigenvalue weighted by molar-refractivity contribution is 8.14. The Bertz CT molecular complexity index is 1180. The number of ether oxygens (including phenoxy) is 2. The quantitative estimate of drug-likeness (QED) is 0.414. The summed E-state index contributed by atoms with van der Waals surface area (Å²) in [6.45, 7) is 4.44. The average molecular weight is 531 g/mol. The number of benzene rings is 2. The zero-order chi connectivity index (χ0) is 25.8. The van der Waals surface area contributed by atoms with Gasteiger partial charge in [0.25, 0.3) is 0 Å². The summed E-state index contributed by atoms with van der Waals surface area (Å²) >= 11 is 7.70. The lowest BCUT2D eigenvalue weighted by Gasteiger charge is -2.36. The second-order valence-electron chi connectivity index (χ2n) is 8.64. The van der Waals surface area contributed by atoms with Crippen molar-refractivity contribution in [3.8, 4) is 11.5 Å². The monoisotopic (exact) mass is 530 g/mol. The number of rotatable bonds is 8. The Morgan fingerprint density at radius 1 is 1.22 bits per heavy atom. The van der Waals surface area contributed by atoms with Gasteiger partial charge in [0.1, 0.15) is 12.0 Å². The number of hydrogen-bond acceptors (Lipinski definition) is 8.